The zero-order valence-corrected chi connectivity index (χ0v) is 12.5. The molecule has 2 rings (SSSR count). The lowest BCUT2D eigenvalue weighted by atomic mass is 10.1. The first-order chi connectivity index (χ1) is 9.69. The molecule has 5 heteroatoms. The van der Waals surface area contributed by atoms with Crippen molar-refractivity contribution in [1.82, 2.24) is 10.3 Å². The van der Waals surface area contributed by atoms with Gasteiger partial charge in [-0.25, -0.2) is 4.98 Å². The molecule has 0 fully saturated rings. The highest BCUT2D eigenvalue weighted by Gasteiger charge is 2.07. The van der Waals surface area contributed by atoms with E-state index in [1.54, 1.807) is 18.4 Å². The number of carbonyl (C=O) groups excluding carboxylic acids is 1. The van der Waals surface area contributed by atoms with Gasteiger partial charge in [0.25, 0.3) is 0 Å². The molecule has 106 valence electrons. The second-order valence-corrected chi connectivity index (χ2v) is 5.51. The highest BCUT2D eigenvalue weighted by molar-refractivity contribution is 7.09. The van der Waals surface area contributed by atoms with Crippen molar-refractivity contribution in [2.75, 3.05) is 13.7 Å². The molecule has 0 spiro atoms. The van der Waals surface area contributed by atoms with Gasteiger partial charge in [0.1, 0.15) is 5.75 Å². The fourth-order valence-electron chi connectivity index (χ4n) is 1.96. The molecule has 1 heterocycles. The summed E-state index contributed by atoms with van der Waals surface area (Å²) >= 11 is 1.56. The molecular formula is C15H18N2O2S. The molecule has 0 bridgehead atoms. The second-order valence-electron chi connectivity index (χ2n) is 4.45. The minimum atomic E-state index is 0.00481. The zero-order valence-electron chi connectivity index (χ0n) is 11.7. The van der Waals surface area contributed by atoms with Crippen LogP contribution < -0.4 is 10.1 Å². The number of hydrogen-bond donors (Lipinski definition) is 1. The standard InChI is InChI=1S/C15H18N2O2S/c1-11-17-13(10-20-11)9-15(18)16-8-7-12-5-3-4-6-14(12)19-2/h3-6,10H,7-9H2,1-2H3,(H,16,18). The average Bonchev–Trinajstić information content (AvgIpc) is 2.84. The lowest BCUT2D eigenvalue weighted by Gasteiger charge is -2.08. The van der Waals surface area contributed by atoms with Crippen molar-refractivity contribution in [2.45, 2.75) is 19.8 Å². The number of ether oxygens (including phenoxy) is 1. The first-order valence-electron chi connectivity index (χ1n) is 6.48. The molecule has 0 aliphatic rings. The number of nitrogens with zero attached hydrogens (tertiary/aromatic N) is 1. The van der Waals surface area contributed by atoms with Gasteiger partial charge in [-0.15, -0.1) is 11.3 Å². The smallest absolute Gasteiger partial charge is 0.226 e. The van der Waals surface area contributed by atoms with Gasteiger partial charge in [-0.1, -0.05) is 18.2 Å². The Balaban J connectivity index is 1.79. The van der Waals surface area contributed by atoms with Gasteiger partial charge < -0.3 is 10.1 Å². The van der Waals surface area contributed by atoms with Crippen LogP contribution >= 0.6 is 11.3 Å². The van der Waals surface area contributed by atoms with Gasteiger partial charge in [0.05, 0.1) is 24.2 Å². The Kier molecular flexibility index (Phi) is 5.12. The Morgan fingerprint density at radius 3 is 2.90 bits per heavy atom. The maximum Gasteiger partial charge on any atom is 0.226 e. The summed E-state index contributed by atoms with van der Waals surface area (Å²) in [4.78, 5) is 16.1. The van der Waals surface area contributed by atoms with Crippen LogP contribution in [0.3, 0.4) is 0 Å². The van der Waals surface area contributed by atoms with Crippen LogP contribution in [0, 0.1) is 6.92 Å². The third-order valence-corrected chi connectivity index (χ3v) is 3.74. The van der Waals surface area contributed by atoms with Crippen LogP contribution in [0.2, 0.25) is 0 Å². The highest BCUT2D eigenvalue weighted by Crippen LogP contribution is 2.17. The Morgan fingerprint density at radius 2 is 2.20 bits per heavy atom. The molecule has 0 aliphatic carbocycles. The molecule has 2 aromatic rings. The van der Waals surface area contributed by atoms with Crippen molar-refractivity contribution < 1.29 is 9.53 Å². The first kappa shape index (κ1) is 14.5. The van der Waals surface area contributed by atoms with Crippen molar-refractivity contribution in [3.8, 4) is 5.75 Å². The minimum absolute atomic E-state index is 0.00481. The van der Waals surface area contributed by atoms with Crippen LogP contribution in [-0.2, 0) is 17.6 Å². The predicted octanol–water partition coefficient (Wildman–Crippen LogP) is 2.36. The second kappa shape index (κ2) is 7.05. The number of methoxy groups -OCH3 is 1. The Labute approximate surface area is 122 Å². The third-order valence-electron chi connectivity index (χ3n) is 2.92. The largest absolute Gasteiger partial charge is 0.496 e. The van der Waals surface area contributed by atoms with E-state index in [9.17, 15) is 4.79 Å². The monoisotopic (exact) mass is 290 g/mol. The number of carbonyl (C=O) groups is 1. The zero-order chi connectivity index (χ0) is 14.4. The average molecular weight is 290 g/mol. The normalized spacial score (nSPS) is 10.3. The maximum absolute atomic E-state index is 11.8. The third kappa shape index (κ3) is 4.06. The number of benzene rings is 1. The number of thiazole rings is 1. The van der Waals surface area contributed by atoms with E-state index in [0.717, 1.165) is 28.4 Å². The summed E-state index contributed by atoms with van der Waals surface area (Å²) in [5.41, 5.74) is 1.93. The van der Waals surface area contributed by atoms with Gasteiger partial charge in [0, 0.05) is 11.9 Å². The molecule has 1 aromatic carbocycles. The summed E-state index contributed by atoms with van der Waals surface area (Å²) < 4.78 is 5.28. The molecule has 1 N–H and O–H groups in total. The number of aryl methyl sites for hydroxylation is 1. The minimum Gasteiger partial charge on any atom is -0.496 e. The lowest BCUT2D eigenvalue weighted by Crippen LogP contribution is -2.27. The van der Waals surface area contributed by atoms with Gasteiger partial charge in [0.2, 0.25) is 5.91 Å². The van der Waals surface area contributed by atoms with E-state index in [4.69, 9.17) is 4.74 Å². The Hall–Kier alpha value is -1.88. The Bertz CT molecular complexity index is 581. The lowest BCUT2D eigenvalue weighted by molar-refractivity contribution is -0.120. The summed E-state index contributed by atoms with van der Waals surface area (Å²) in [6, 6.07) is 7.84. The van der Waals surface area contributed by atoms with E-state index in [1.807, 2.05) is 36.6 Å². The van der Waals surface area contributed by atoms with E-state index in [-0.39, 0.29) is 5.91 Å². The van der Waals surface area contributed by atoms with Crippen LogP contribution in [0.15, 0.2) is 29.6 Å². The van der Waals surface area contributed by atoms with Gasteiger partial charge in [-0.2, -0.15) is 0 Å². The van der Waals surface area contributed by atoms with Crippen molar-refractivity contribution in [2.24, 2.45) is 0 Å². The first-order valence-corrected chi connectivity index (χ1v) is 7.36. The molecule has 20 heavy (non-hydrogen) atoms. The van der Waals surface area contributed by atoms with Gasteiger partial charge in [-0.05, 0) is 25.0 Å². The number of amides is 1. The summed E-state index contributed by atoms with van der Waals surface area (Å²) in [6.45, 7) is 2.54. The van der Waals surface area contributed by atoms with Crippen molar-refractivity contribution in [3.63, 3.8) is 0 Å². The molecule has 0 unspecified atom stereocenters. The molecule has 0 saturated carbocycles. The molecule has 0 aliphatic heterocycles. The van der Waals surface area contributed by atoms with E-state index in [0.29, 0.717) is 13.0 Å². The SMILES string of the molecule is COc1ccccc1CCNC(=O)Cc1csc(C)n1. The van der Waals surface area contributed by atoms with Crippen LogP contribution in [0.5, 0.6) is 5.75 Å². The van der Waals surface area contributed by atoms with Crippen LogP contribution in [0.25, 0.3) is 0 Å². The van der Waals surface area contributed by atoms with Gasteiger partial charge in [0.15, 0.2) is 0 Å². The van der Waals surface area contributed by atoms with Crippen molar-refractivity contribution >= 4 is 17.2 Å². The molecule has 4 nitrogen and oxygen atoms in total. The number of aromatic nitrogens is 1. The fraction of sp³-hybridized carbons (Fsp3) is 0.333. The number of hydrogen-bond acceptors (Lipinski definition) is 4. The summed E-state index contributed by atoms with van der Waals surface area (Å²) in [5, 5.41) is 5.82. The van der Waals surface area contributed by atoms with Crippen molar-refractivity contribution in [1.29, 1.82) is 0 Å². The summed E-state index contributed by atoms with van der Waals surface area (Å²) in [5.74, 6) is 0.863. The summed E-state index contributed by atoms with van der Waals surface area (Å²) in [6.07, 6.45) is 1.10. The predicted molar refractivity (Wildman–Crippen MR) is 80.3 cm³/mol. The fourth-order valence-corrected chi connectivity index (χ4v) is 2.58. The van der Waals surface area contributed by atoms with E-state index < -0.39 is 0 Å². The van der Waals surface area contributed by atoms with Crippen LogP contribution in [-0.4, -0.2) is 24.5 Å². The van der Waals surface area contributed by atoms with E-state index >= 15 is 0 Å². The number of para-hydroxylation sites is 1. The molecule has 0 saturated heterocycles. The highest BCUT2D eigenvalue weighted by atomic mass is 32.1. The number of nitrogens with one attached hydrogen (secondary N) is 1. The van der Waals surface area contributed by atoms with Crippen LogP contribution in [0.4, 0.5) is 0 Å². The van der Waals surface area contributed by atoms with Crippen molar-refractivity contribution in [3.05, 3.63) is 45.9 Å². The molecule has 1 amide bonds. The molecule has 0 radical (unpaired) electrons. The van der Waals surface area contributed by atoms with Crippen LogP contribution in [0.1, 0.15) is 16.3 Å². The number of rotatable bonds is 6. The van der Waals surface area contributed by atoms with Gasteiger partial charge >= 0.3 is 0 Å². The quantitative estimate of drug-likeness (QED) is 0.888. The Morgan fingerprint density at radius 1 is 1.40 bits per heavy atom. The molecule has 1 aromatic heterocycles. The molecular weight excluding hydrogens is 272 g/mol. The topological polar surface area (TPSA) is 51.2 Å². The molecule has 0 atom stereocenters. The maximum atomic E-state index is 11.8. The van der Waals surface area contributed by atoms with E-state index in [2.05, 4.69) is 10.3 Å². The van der Waals surface area contributed by atoms with Gasteiger partial charge in [-0.3, -0.25) is 4.79 Å². The summed E-state index contributed by atoms with van der Waals surface area (Å²) in [7, 11) is 1.65. The van der Waals surface area contributed by atoms with E-state index in [1.165, 1.54) is 0 Å².